The molecule has 28 heavy (non-hydrogen) atoms. The summed E-state index contributed by atoms with van der Waals surface area (Å²) < 4.78 is 6.03. The summed E-state index contributed by atoms with van der Waals surface area (Å²) in [6.07, 6.45) is 16.8. The van der Waals surface area contributed by atoms with E-state index >= 15 is 0 Å². The van der Waals surface area contributed by atoms with E-state index in [0.29, 0.717) is 23.7 Å². The van der Waals surface area contributed by atoms with E-state index in [0.717, 1.165) is 38.0 Å². The SMILES string of the molecule is C/C=C/C1CCC(C2CCC(C(C)C3CCC(C(O)CC)CC3)OC2=O)CC1. The van der Waals surface area contributed by atoms with Crippen molar-refractivity contribution in [3.05, 3.63) is 12.2 Å². The number of aliphatic hydroxyl groups is 1. The Morgan fingerprint density at radius 2 is 1.64 bits per heavy atom. The van der Waals surface area contributed by atoms with Crippen LogP contribution in [0.1, 0.15) is 91.4 Å². The lowest BCUT2D eigenvalue weighted by molar-refractivity contribution is -0.169. The fourth-order valence-corrected chi connectivity index (χ4v) is 6.26. The zero-order valence-electron chi connectivity index (χ0n) is 18.3. The number of aliphatic hydroxyl groups excluding tert-OH is 1. The number of hydrogen-bond donors (Lipinski definition) is 1. The van der Waals surface area contributed by atoms with E-state index in [1.807, 2.05) is 0 Å². The molecule has 1 saturated heterocycles. The lowest BCUT2D eigenvalue weighted by Gasteiger charge is -2.41. The summed E-state index contributed by atoms with van der Waals surface area (Å²) in [5.74, 6) is 3.06. The van der Waals surface area contributed by atoms with Gasteiger partial charge >= 0.3 is 5.97 Å². The summed E-state index contributed by atoms with van der Waals surface area (Å²) in [6.45, 7) is 6.47. The first-order valence-electron chi connectivity index (χ1n) is 12.0. The highest BCUT2D eigenvalue weighted by atomic mass is 16.5. The van der Waals surface area contributed by atoms with Gasteiger partial charge in [0.25, 0.3) is 0 Å². The Labute approximate surface area is 172 Å². The molecule has 0 amide bonds. The molecule has 0 radical (unpaired) electrons. The van der Waals surface area contributed by atoms with Crippen LogP contribution in [0.3, 0.4) is 0 Å². The molecule has 0 spiro atoms. The number of allylic oxidation sites excluding steroid dienone is 2. The van der Waals surface area contributed by atoms with Crippen LogP contribution in [0.15, 0.2) is 12.2 Å². The minimum Gasteiger partial charge on any atom is -0.462 e. The first-order chi connectivity index (χ1) is 13.5. The molecular weight excluding hydrogens is 348 g/mol. The lowest BCUT2D eigenvalue weighted by Crippen LogP contribution is -2.41. The van der Waals surface area contributed by atoms with Crippen LogP contribution in [0.5, 0.6) is 0 Å². The second kappa shape index (κ2) is 10.3. The number of esters is 1. The quantitative estimate of drug-likeness (QED) is 0.453. The molecule has 3 heteroatoms. The highest BCUT2D eigenvalue weighted by molar-refractivity contribution is 5.73. The lowest BCUT2D eigenvalue weighted by atomic mass is 9.70. The molecule has 1 N–H and O–H groups in total. The molecule has 4 atom stereocenters. The number of ether oxygens (including phenoxy) is 1. The van der Waals surface area contributed by atoms with Gasteiger partial charge in [-0.15, -0.1) is 0 Å². The normalized spacial score (nSPS) is 39.5. The van der Waals surface area contributed by atoms with Crippen molar-refractivity contribution in [1.29, 1.82) is 0 Å². The van der Waals surface area contributed by atoms with Crippen LogP contribution in [0.4, 0.5) is 0 Å². The summed E-state index contributed by atoms with van der Waals surface area (Å²) in [6, 6.07) is 0. The Morgan fingerprint density at radius 1 is 1.00 bits per heavy atom. The van der Waals surface area contributed by atoms with Crippen LogP contribution in [-0.4, -0.2) is 23.3 Å². The number of carbonyl (C=O) groups is 1. The zero-order valence-corrected chi connectivity index (χ0v) is 18.3. The highest BCUT2D eigenvalue weighted by Crippen LogP contribution is 2.42. The summed E-state index contributed by atoms with van der Waals surface area (Å²) >= 11 is 0. The molecule has 0 bridgehead atoms. The van der Waals surface area contributed by atoms with Gasteiger partial charge in [-0.3, -0.25) is 4.79 Å². The van der Waals surface area contributed by atoms with Gasteiger partial charge in [0.15, 0.2) is 0 Å². The summed E-state index contributed by atoms with van der Waals surface area (Å²) in [7, 11) is 0. The Hall–Kier alpha value is -0.830. The average Bonchev–Trinajstić information content (AvgIpc) is 2.73. The van der Waals surface area contributed by atoms with Crippen LogP contribution in [0.2, 0.25) is 0 Å². The molecule has 0 aromatic rings. The van der Waals surface area contributed by atoms with Crippen LogP contribution >= 0.6 is 0 Å². The summed E-state index contributed by atoms with van der Waals surface area (Å²) in [5.41, 5.74) is 0. The number of hydrogen-bond acceptors (Lipinski definition) is 3. The average molecular weight is 391 g/mol. The fourth-order valence-electron chi connectivity index (χ4n) is 6.26. The van der Waals surface area contributed by atoms with Crippen LogP contribution in [0, 0.1) is 35.5 Å². The molecule has 4 unspecified atom stereocenters. The molecule has 2 aliphatic carbocycles. The molecule has 160 valence electrons. The minimum atomic E-state index is -0.132. The maximum atomic E-state index is 12.8. The molecule has 3 nitrogen and oxygen atoms in total. The molecule has 1 heterocycles. The smallest absolute Gasteiger partial charge is 0.309 e. The third kappa shape index (κ3) is 5.20. The second-order valence-corrected chi connectivity index (χ2v) is 9.87. The Kier molecular flexibility index (Phi) is 8.02. The van der Waals surface area contributed by atoms with Gasteiger partial charge in [-0.25, -0.2) is 0 Å². The monoisotopic (exact) mass is 390 g/mol. The zero-order chi connectivity index (χ0) is 20.1. The first kappa shape index (κ1) is 21.9. The number of cyclic esters (lactones) is 1. The van der Waals surface area contributed by atoms with Gasteiger partial charge in [0, 0.05) is 0 Å². The van der Waals surface area contributed by atoms with Gasteiger partial charge in [-0.1, -0.05) is 26.0 Å². The third-order valence-electron chi connectivity index (χ3n) is 8.29. The Balaban J connectivity index is 1.45. The van der Waals surface area contributed by atoms with Crippen molar-refractivity contribution >= 4 is 5.97 Å². The standard InChI is InChI=1S/C25H42O3/c1-4-6-18-7-9-20(10-8-18)22-15-16-24(28-25(22)27)17(3)19-11-13-21(14-12-19)23(26)5-2/h4,6,17-24,26H,5,7-16H2,1-3H3/b6-4+. The van der Waals surface area contributed by atoms with Gasteiger partial charge < -0.3 is 9.84 Å². The van der Waals surface area contributed by atoms with Crippen molar-refractivity contribution < 1.29 is 14.6 Å². The third-order valence-corrected chi connectivity index (χ3v) is 8.29. The summed E-state index contributed by atoms with van der Waals surface area (Å²) in [4.78, 5) is 12.8. The first-order valence-corrected chi connectivity index (χ1v) is 12.0. The van der Waals surface area contributed by atoms with Gasteiger partial charge in [0.1, 0.15) is 6.10 Å². The largest absolute Gasteiger partial charge is 0.462 e. The molecular formula is C25H42O3. The predicted molar refractivity (Wildman–Crippen MR) is 114 cm³/mol. The molecule has 0 aromatic heterocycles. The van der Waals surface area contributed by atoms with E-state index in [9.17, 15) is 9.90 Å². The van der Waals surface area contributed by atoms with E-state index in [-0.39, 0.29) is 24.1 Å². The van der Waals surface area contributed by atoms with Crippen molar-refractivity contribution in [3.8, 4) is 0 Å². The molecule has 3 fully saturated rings. The van der Waals surface area contributed by atoms with E-state index in [1.165, 1.54) is 38.5 Å². The van der Waals surface area contributed by atoms with Crippen LogP contribution in [0.25, 0.3) is 0 Å². The molecule has 3 aliphatic rings. The van der Waals surface area contributed by atoms with Gasteiger partial charge in [-0.2, -0.15) is 0 Å². The maximum Gasteiger partial charge on any atom is 0.309 e. The molecule has 2 saturated carbocycles. The van der Waals surface area contributed by atoms with Crippen molar-refractivity contribution in [2.75, 3.05) is 0 Å². The van der Waals surface area contributed by atoms with E-state index in [4.69, 9.17) is 4.74 Å². The van der Waals surface area contributed by atoms with Crippen LogP contribution in [-0.2, 0) is 9.53 Å². The van der Waals surface area contributed by atoms with Crippen molar-refractivity contribution in [2.45, 2.75) is 104 Å². The number of carbonyl (C=O) groups excluding carboxylic acids is 1. The Bertz CT molecular complexity index is 512. The maximum absolute atomic E-state index is 12.8. The molecule has 1 aliphatic heterocycles. The fraction of sp³-hybridized carbons (Fsp3) is 0.880. The van der Waals surface area contributed by atoms with Crippen molar-refractivity contribution in [2.24, 2.45) is 35.5 Å². The van der Waals surface area contributed by atoms with Gasteiger partial charge in [0.05, 0.1) is 12.0 Å². The highest BCUT2D eigenvalue weighted by Gasteiger charge is 2.40. The van der Waals surface area contributed by atoms with E-state index in [2.05, 4.69) is 32.9 Å². The van der Waals surface area contributed by atoms with Gasteiger partial charge in [0.2, 0.25) is 0 Å². The van der Waals surface area contributed by atoms with Crippen molar-refractivity contribution in [3.63, 3.8) is 0 Å². The van der Waals surface area contributed by atoms with Crippen LogP contribution < -0.4 is 0 Å². The Morgan fingerprint density at radius 3 is 2.21 bits per heavy atom. The van der Waals surface area contributed by atoms with E-state index in [1.54, 1.807) is 0 Å². The molecule has 3 rings (SSSR count). The predicted octanol–water partition coefficient (Wildman–Crippen LogP) is 5.90. The summed E-state index contributed by atoms with van der Waals surface area (Å²) in [5, 5.41) is 10.1. The van der Waals surface area contributed by atoms with Crippen molar-refractivity contribution in [1.82, 2.24) is 0 Å². The van der Waals surface area contributed by atoms with E-state index < -0.39 is 0 Å². The number of rotatable bonds is 6. The second-order valence-electron chi connectivity index (χ2n) is 9.87. The minimum absolute atomic E-state index is 0.0904. The van der Waals surface area contributed by atoms with Gasteiger partial charge in [-0.05, 0) is 107 Å². The molecule has 0 aromatic carbocycles. The topological polar surface area (TPSA) is 46.5 Å².